The monoisotopic (exact) mass is 546 g/mol. The first-order valence-corrected chi connectivity index (χ1v) is 11.8. The standard InChI is InChI=1S/C26H15BrN2O7/c27-14-7-5-13(6-8-14)21-19-20(26(36-21)22(30)17-3-1-2-4-18(17)23(26)31)25(33)28(24(19)32)15-9-11-16(12-10-15)29(34)35/h1-12,19-21H/t19-,20-,21-/m0/s1. The minimum Gasteiger partial charge on any atom is -0.349 e. The molecule has 2 amide bonds. The van der Waals surface area contributed by atoms with Gasteiger partial charge in [0.25, 0.3) is 5.69 Å². The van der Waals surface area contributed by atoms with E-state index in [-0.39, 0.29) is 22.5 Å². The number of hydrogen-bond donors (Lipinski definition) is 0. The van der Waals surface area contributed by atoms with Crippen LogP contribution in [0.5, 0.6) is 0 Å². The number of non-ortho nitro benzene ring substituents is 1. The molecule has 9 nitrogen and oxygen atoms in total. The summed E-state index contributed by atoms with van der Waals surface area (Å²) in [6.45, 7) is 0. The first-order valence-electron chi connectivity index (χ1n) is 11.0. The molecule has 3 atom stereocenters. The lowest BCUT2D eigenvalue weighted by Crippen LogP contribution is -2.51. The van der Waals surface area contributed by atoms with Crippen LogP contribution in [-0.4, -0.2) is 33.9 Å². The van der Waals surface area contributed by atoms with E-state index in [9.17, 15) is 29.3 Å². The molecule has 2 heterocycles. The van der Waals surface area contributed by atoms with Gasteiger partial charge in [0.2, 0.25) is 29.0 Å². The highest BCUT2D eigenvalue weighted by Gasteiger charge is 2.74. The third-order valence-electron chi connectivity index (χ3n) is 7.04. The molecular weight excluding hydrogens is 532 g/mol. The third kappa shape index (κ3) is 2.85. The fraction of sp³-hybridized carbons (Fsp3) is 0.154. The number of amides is 2. The Bertz CT molecular complexity index is 1460. The fourth-order valence-electron chi connectivity index (χ4n) is 5.45. The minimum absolute atomic E-state index is 0.116. The van der Waals surface area contributed by atoms with Gasteiger partial charge in [-0.05, 0) is 29.8 Å². The van der Waals surface area contributed by atoms with Gasteiger partial charge in [-0.25, -0.2) is 4.90 Å². The van der Waals surface area contributed by atoms with Crippen LogP contribution in [-0.2, 0) is 14.3 Å². The number of nitro groups is 1. The summed E-state index contributed by atoms with van der Waals surface area (Å²) in [7, 11) is 0. The Morgan fingerprint density at radius 2 is 1.42 bits per heavy atom. The van der Waals surface area contributed by atoms with E-state index in [1.165, 1.54) is 36.4 Å². The second kappa shape index (κ2) is 7.74. The molecule has 0 bridgehead atoms. The first-order chi connectivity index (χ1) is 17.3. The number of nitrogens with zero attached hydrogens (tertiary/aromatic N) is 2. The molecule has 1 aliphatic carbocycles. The van der Waals surface area contributed by atoms with E-state index >= 15 is 0 Å². The van der Waals surface area contributed by atoms with Crippen molar-refractivity contribution in [1.82, 2.24) is 0 Å². The number of benzene rings is 3. The summed E-state index contributed by atoms with van der Waals surface area (Å²) in [6.07, 6.45) is -1.04. The Morgan fingerprint density at radius 1 is 0.833 bits per heavy atom. The summed E-state index contributed by atoms with van der Waals surface area (Å²) < 4.78 is 6.99. The van der Waals surface area contributed by atoms with E-state index in [1.807, 2.05) is 0 Å². The van der Waals surface area contributed by atoms with Crippen LogP contribution in [0, 0.1) is 22.0 Å². The molecule has 0 saturated carbocycles. The lowest BCUT2D eigenvalue weighted by Gasteiger charge is -2.27. The van der Waals surface area contributed by atoms with Crippen molar-refractivity contribution in [2.45, 2.75) is 11.7 Å². The summed E-state index contributed by atoms with van der Waals surface area (Å²) in [5.41, 5.74) is -1.44. The maximum absolute atomic E-state index is 13.8. The number of hydrogen-bond acceptors (Lipinski definition) is 7. The maximum Gasteiger partial charge on any atom is 0.269 e. The molecule has 3 aromatic rings. The zero-order valence-corrected chi connectivity index (χ0v) is 19.9. The van der Waals surface area contributed by atoms with Gasteiger partial charge in [0.1, 0.15) is 0 Å². The molecule has 0 aromatic heterocycles. The molecule has 178 valence electrons. The van der Waals surface area contributed by atoms with Gasteiger partial charge in [0, 0.05) is 27.7 Å². The smallest absolute Gasteiger partial charge is 0.269 e. The highest BCUT2D eigenvalue weighted by atomic mass is 79.9. The van der Waals surface area contributed by atoms with Crippen molar-refractivity contribution in [3.05, 3.63) is 104 Å². The Kier molecular flexibility index (Phi) is 4.83. The quantitative estimate of drug-likeness (QED) is 0.210. The molecule has 6 rings (SSSR count). The third-order valence-corrected chi connectivity index (χ3v) is 7.56. The first kappa shape index (κ1) is 22.4. The van der Waals surface area contributed by atoms with Crippen molar-refractivity contribution >= 4 is 50.7 Å². The highest BCUT2D eigenvalue weighted by molar-refractivity contribution is 9.10. The molecule has 2 saturated heterocycles. The lowest BCUT2D eigenvalue weighted by molar-refractivity contribution is -0.384. The number of fused-ring (bicyclic) bond motifs is 3. The van der Waals surface area contributed by atoms with Gasteiger partial charge in [0.15, 0.2) is 0 Å². The number of nitro benzene ring substituents is 1. The molecule has 10 heteroatoms. The van der Waals surface area contributed by atoms with Crippen LogP contribution in [0.4, 0.5) is 11.4 Å². The minimum atomic E-state index is -2.17. The average molecular weight is 547 g/mol. The van der Waals surface area contributed by atoms with Gasteiger partial charge in [0.05, 0.1) is 28.6 Å². The van der Waals surface area contributed by atoms with Crippen molar-refractivity contribution in [2.75, 3.05) is 4.90 Å². The number of carbonyl (C=O) groups excluding carboxylic acids is 4. The number of ketones is 2. The van der Waals surface area contributed by atoms with Crippen molar-refractivity contribution in [1.29, 1.82) is 0 Å². The van der Waals surface area contributed by atoms with E-state index in [0.717, 1.165) is 9.37 Å². The summed E-state index contributed by atoms with van der Waals surface area (Å²) in [5.74, 6) is -5.22. The summed E-state index contributed by atoms with van der Waals surface area (Å²) in [4.78, 5) is 66.4. The predicted octanol–water partition coefficient (Wildman–Crippen LogP) is 4.05. The summed E-state index contributed by atoms with van der Waals surface area (Å²) >= 11 is 3.36. The van der Waals surface area contributed by atoms with E-state index in [2.05, 4.69) is 15.9 Å². The van der Waals surface area contributed by atoms with Gasteiger partial charge in [-0.2, -0.15) is 0 Å². The average Bonchev–Trinajstić information content (AvgIpc) is 3.44. The van der Waals surface area contributed by atoms with Crippen LogP contribution in [0.2, 0.25) is 0 Å². The Morgan fingerprint density at radius 3 is 1.97 bits per heavy atom. The van der Waals surface area contributed by atoms with Crippen LogP contribution >= 0.6 is 15.9 Å². The van der Waals surface area contributed by atoms with Crippen molar-refractivity contribution in [2.24, 2.45) is 11.8 Å². The number of rotatable bonds is 3. The molecule has 3 aliphatic rings. The molecule has 0 unspecified atom stereocenters. The molecule has 0 N–H and O–H groups in total. The Balaban J connectivity index is 1.51. The number of imide groups is 1. The van der Waals surface area contributed by atoms with E-state index in [1.54, 1.807) is 36.4 Å². The van der Waals surface area contributed by atoms with Crippen LogP contribution < -0.4 is 4.90 Å². The topological polar surface area (TPSA) is 124 Å². The van der Waals surface area contributed by atoms with E-state index in [0.29, 0.717) is 5.56 Å². The largest absolute Gasteiger partial charge is 0.349 e. The van der Waals surface area contributed by atoms with Crippen molar-refractivity contribution in [3.8, 4) is 0 Å². The molecular formula is C26H15BrN2O7. The molecule has 0 radical (unpaired) electrons. The Labute approximate surface area is 211 Å². The number of halogens is 1. The van der Waals surface area contributed by atoms with Gasteiger partial charge >= 0.3 is 0 Å². The fourth-order valence-corrected chi connectivity index (χ4v) is 5.71. The van der Waals surface area contributed by atoms with Gasteiger partial charge in [-0.1, -0.05) is 52.3 Å². The van der Waals surface area contributed by atoms with Gasteiger partial charge in [-0.15, -0.1) is 0 Å². The molecule has 36 heavy (non-hydrogen) atoms. The van der Waals surface area contributed by atoms with Crippen LogP contribution in [0.1, 0.15) is 32.4 Å². The second-order valence-corrected chi connectivity index (χ2v) is 9.73. The molecule has 3 aromatic carbocycles. The zero-order valence-electron chi connectivity index (χ0n) is 18.3. The van der Waals surface area contributed by atoms with Gasteiger partial charge < -0.3 is 4.74 Å². The zero-order chi connectivity index (χ0) is 25.4. The normalized spacial score (nSPS) is 23.9. The van der Waals surface area contributed by atoms with Crippen LogP contribution in [0.25, 0.3) is 0 Å². The summed E-state index contributed by atoms with van der Waals surface area (Å²) in [5, 5.41) is 11.1. The predicted molar refractivity (Wildman–Crippen MR) is 128 cm³/mol. The lowest BCUT2D eigenvalue weighted by atomic mass is 9.77. The van der Waals surface area contributed by atoms with Crippen molar-refractivity contribution < 1.29 is 28.8 Å². The number of ether oxygens (including phenoxy) is 1. The molecule has 2 fully saturated rings. The number of Topliss-reactive ketones (excluding diaryl/α,β-unsaturated/α-hetero) is 2. The number of carbonyl (C=O) groups is 4. The van der Waals surface area contributed by atoms with Crippen molar-refractivity contribution in [3.63, 3.8) is 0 Å². The van der Waals surface area contributed by atoms with E-state index < -0.39 is 51.8 Å². The SMILES string of the molecule is O=C1[C@H]2[C@@H](C(=O)N1c1ccc([N+](=O)[O-])cc1)C1(O[C@H]2c2ccc(Br)cc2)C(=O)c2ccccc2C1=O. The van der Waals surface area contributed by atoms with Gasteiger partial charge in [-0.3, -0.25) is 29.3 Å². The maximum atomic E-state index is 13.8. The summed E-state index contributed by atoms with van der Waals surface area (Å²) in [6, 6.07) is 18.1. The molecule has 1 spiro atoms. The van der Waals surface area contributed by atoms with E-state index in [4.69, 9.17) is 4.74 Å². The second-order valence-electron chi connectivity index (χ2n) is 8.82. The highest BCUT2D eigenvalue weighted by Crippen LogP contribution is 2.57. The van der Waals surface area contributed by atoms with Crippen LogP contribution in [0.3, 0.4) is 0 Å². The number of anilines is 1. The van der Waals surface area contributed by atoms with Crippen LogP contribution in [0.15, 0.2) is 77.3 Å². The molecule has 2 aliphatic heterocycles. The Hall–Kier alpha value is -4.02.